The number of aryl methyl sites for hydroxylation is 2. The Balaban J connectivity index is 2.95. The van der Waals surface area contributed by atoms with Crippen LogP contribution in [0.15, 0.2) is 18.2 Å². The Bertz CT molecular complexity index is 521. The van der Waals surface area contributed by atoms with E-state index in [9.17, 15) is 0 Å². The molecule has 1 aromatic heterocycles. The van der Waals surface area contributed by atoms with Crippen molar-refractivity contribution in [3.05, 3.63) is 34.5 Å². The van der Waals surface area contributed by atoms with Gasteiger partial charge in [0.15, 0.2) is 0 Å². The number of aromatic nitrogens is 1. The Morgan fingerprint density at radius 3 is 2.67 bits per heavy atom. The molecule has 78 valence electrons. The molecule has 2 aromatic rings. The molecule has 0 aliphatic carbocycles. The van der Waals surface area contributed by atoms with Crippen LogP contribution in [-0.4, -0.2) is 12.0 Å². The van der Waals surface area contributed by atoms with Crippen LogP contribution < -0.4 is 5.32 Å². The van der Waals surface area contributed by atoms with Crippen molar-refractivity contribution in [3.63, 3.8) is 0 Å². The van der Waals surface area contributed by atoms with Crippen molar-refractivity contribution in [2.24, 2.45) is 0 Å². The molecule has 0 radical (unpaired) electrons. The van der Waals surface area contributed by atoms with Crippen LogP contribution in [0.2, 0.25) is 5.02 Å². The van der Waals surface area contributed by atoms with Gasteiger partial charge in [-0.3, -0.25) is 4.98 Å². The molecule has 3 heteroatoms. The van der Waals surface area contributed by atoms with Crippen LogP contribution in [0.25, 0.3) is 10.9 Å². The third-order valence-electron chi connectivity index (χ3n) is 2.52. The molecule has 0 aliphatic rings. The van der Waals surface area contributed by atoms with E-state index in [1.54, 1.807) is 0 Å². The highest BCUT2D eigenvalue weighted by atomic mass is 35.5. The minimum Gasteiger partial charge on any atom is -0.388 e. The van der Waals surface area contributed by atoms with Crippen LogP contribution in [0.1, 0.15) is 11.3 Å². The molecular formula is C12H13ClN2. The fraction of sp³-hybridized carbons (Fsp3) is 0.250. The first-order valence-corrected chi connectivity index (χ1v) is 5.25. The minimum absolute atomic E-state index is 0.704. The summed E-state index contributed by atoms with van der Waals surface area (Å²) in [7, 11) is 1.91. The molecule has 0 saturated heterocycles. The third-order valence-corrected chi connectivity index (χ3v) is 2.82. The summed E-state index contributed by atoms with van der Waals surface area (Å²) >= 11 is 6.14. The normalized spacial score (nSPS) is 10.7. The topological polar surface area (TPSA) is 24.9 Å². The van der Waals surface area contributed by atoms with Gasteiger partial charge in [0.05, 0.1) is 10.5 Å². The van der Waals surface area contributed by atoms with Crippen LogP contribution >= 0.6 is 11.6 Å². The summed E-state index contributed by atoms with van der Waals surface area (Å²) in [6.45, 7) is 4.04. The molecule has 0 spiro atoms. The first-order chi connectivity index (χ1) is 7.13. The van der Waals surface area contributed by atoms with Crippen molar-refractivity contribution >= 4 is 28.2 Å². The second-order valence-corrected chi connectivity index (χ2v) is 4.06. The van der Waals surface area contributed by atoms with Gasteiger partial charge in [-0.2, -0.15) is 0 Å². The van der Waals surface area contributed by atoms with Gasteiger partial charge in [-0.15, -0.1) is 0 Å². The Hall–Kier alpha value is -1.28. The van der Waals surface area contributed by atoms with E-state index in [2.05, 4.69) is 17.2 Å². The summed E-state index contributed by atoms with van der Waals surface area (Å²) in [5.41, 5.74) is 4.11. The van der Waals surface area contributed by atoms with Gasteiger partial charge in [-0.25, -0.2) is 0 Å². The lowest BCUT2D eigenvalue weighted by Gasteiger charge is -2.10. The van der Waals surface area contributed by atoms with E-state index in [0.717, 1.165) is 22.3 Å². The predicted molar refractivity (Wildman–Crippen MR) is 65.8 cm³/mol. The average Bonchev–Trinajstić information content (AvgIpc) is 2.22. The molecule has 1 N–H and O–H groups in total. The molecule has 2 nitrogen and oxygen atoms in total. The lowest BCUT2D eigenvalue weighted by molar-refractivity contribution is 1.25. The zero-order valence-electron chi connectivity index (χ0n) is 9.06. The van der Waals surface area contributed by atoms with Crippen molar-refractivity contribution in [1.29, 1.82) is 0 Å². The smallest absolute Gasteiger partial charge is 0.0914 e. The fourth-order valence-corrected chi connectivity index (χ4v) is 2.00. The highest BCUT2D eigenvalue weighted by Gasteiger charge is 2.08. The summed E-state index contributed by atoms with van der Waals surface area (Å²) in [5, 5.41) is 4.99. The lowest BCUT2D eigenvalue weighted by Crippen LogP contribution is -1.95. The number of halogens is 1. The number of benzene rings is 1. The van der Waals surface area contributed by atoms with Crippen molar-refractivity contribution in [2.45, 2.75) is 13.8 Å². The van der Waals surface area contributed by atoms with Gasteiger partial charge in [0, 0.05) is 23.8 Å². The number of anilines is 1. The second kappa shape index (κ2) is 3.70. The predicted octanol–water partition coefficient (Wildman–Crippen LogP) is 3.55. The van der Waals surface area contributed by atoms with Crippen LogP contribution in [0.5, 0.6) is 0 Å². The maximum absolute atomic E-state index is 6.14. The maximum atomic E-state index is 6.14. The number of hydrogen-bond acceptors (Lipinski definition) is 2. The maximum Gasteiger partial charge on any atom is 0.0914 e. The number of nitrogens with one attached hydrogen (secondary N) is 1. The Labute approximate surface area is 94.3 Å². The van der Waals surface area contributed by atoms with Gasteiger partial charge in [0.25, 0.3) is 0 Å². The highest BCUT2D eigenvalue weighted by Crippen LogP contribution is 2.30. The highest BCUT2D eigenvalue weighted by molar-refractivity contribution is 6.35. The van der Waals surface area contributed by atoms with Gasteiger partial charge in [0.1, 0.15) is 0 Å². The van der Waals surface area contributed by atoms with E-state index in [0.29, 0.717) is 5.02 Å². The van der Waals surface area contributed by atoms with E-state index in [4.69, 9.17) is 11.6 Å². The van der Waals surface area contributed by atoms with Gasteiger partial charge in [0.2, 0.25) is 0 Å². The van der Waals surface area contributed by atoms with Crippen LogP contribution in [0, 0.1) is 13.8 Å². The third kappa shape index (κ3) is 1.65. The van der Waals surface area contributed by atoms with Gasteiger partial charge in [-0.05, 0) is 31.5 Å². The zero-order chi connectivity index (χ0) is 11.0. The summed E-state index contributed by atoms with van der Waals surface area (Å²) in [6.07, 6.45) is 0. The molecule has 0 fully saturated rings. The van der Waals surface area contributed by atoms with Crippen molar-refractivity contribution in [3.8, 4) is 0 Å². The number of nitrogens with zero attached hydrogens (tertiary/aromatic N) is 1. The average molecular weight is 221 g/mol. The van der Waals surface area contributed by atoms with E-state index in [1.807, 2.05) is 32.2 Å². The molecule has 0 aliphatic heterocycles. The molecule has 0 unspecified atom stereocenters. The van der Waals surface area contributed by atoms with Crippen LogP contribution in [0.3, 0.4) is 0 Å². The van der Waals surface area contributed by atoms with E-state index < -0.39 is 0 Å². The molecule has 2 rings (SSSR count). The fourth-order valence-electron chi connectivity index (χ4n) is 1.80. The standard InChI is InChI=1S/C12H13ClN2/c1-7-4-5-9(13)12-11(7)10(14-3)6-8(2)15-12/h4-6H,1-3H3,(H,14,15). The Morgan fingerprint density at radius 2 is 2.00 bits per heavy atom. The largest absolute Gasteiger partial charge is 0.388 e. The summed E-state index contributed by atoms with van der Waals surface area (Å²) in [5.74, 6) is 0. The molecule has 1 heterocycles. The number of pyridine rings is 1. The van der Waals surface area contributed by atoms with E-state index in [1.165, 1.54) is 5.56 Å². The zero-order valence-corrected chi connectivity index (χ0v) is 9.81. The lowest BCUT2D eigenvalue weighted by atomic mass is 10.1. The van der Waals surface area contributed by atoms with Gasteiger partial charge in [-0.1, -0.05) is 17.7 Å². The Morgan fingerprint density at radius 1 is 1.27 bits per heavy atom. The van der Waals surface area contributed by atoms with Gasteiger partial charge < -0.3 is 5.32 Å². The van der Waals surface area contributed by atoms with Crippen molar-refractivity contribution in [1.82, 2.24) is 4.98 Å². The summed E-state index contributed by atoms with van der Waals surface area (Å²) in [4.78, 5) is 4.47. The summed E-state index contributed by atoms with van der Waals surface area (Å²) < 4.78 is 0. The van der Waals surface area contributed by atoms with Crippen molar-refractivity contribution < 1.29 is 0 Å². The SMILES string of the molecule is CNc1cc(C)nc2c(Cl)ccc(C)c12. The number of fused-ring (bicyclic) bond motifs is 1. The monoisotopic (exact) mass is 220 g/mol. The van der Waals surface area contributed by atoms with Crippen LogP contribution in [-0.2, 0) is 0 Å². The molecule has 15 heavy (non-hydrogen) atoms. The molecule has 0 amide bonds. The quantitative estimate of drug-likeness (QED) is 0.795. The van der Waals surface area contributed by atoms with Gasteiger partial charge >= 0.3 is 0 Å². The van der Waals surface area contributed by atoms with Crippen molar-refractivity contribution in [2.75, 3.05) is 12.4 Å². The molecule has 0 bridgehead atoms. The van der Waals surface area contributed by atoms with E-state index >= 15 is 0 Å². The number of rotatable bonds is 1. The first-order valence-electron chi connectivity index (χ1n) is 4.87. The molecule has 0 saturated carbocycles. The Kier molecular flexibility index (Phi) is 2.53. The molecule has 1 aromatic carbocycles. The molecule has 0 atom stereocenters. The minimum atomic E-state index is 0.704. The summed E-state index contributed by atoms with van der Waals surface area (Å²) in [6, 6.07) is 5.94. The van der Waals surface area contributed by atoms with Crippen LogP contribution in [0.4, 0.5) is 5.69 Å². The molecular weight excluding hydrogens is 208 g/mol. The first kappa shape index (κ1) is 10.2. The number of hydrogen-bond donors (Lipinski definition) is 1. The van der Waals surface area contributed by atoms with E-state index in [-0.39, 0.29) is 0 Å². The second-order valence-electron chi connectivity index (χ2n) is 3.65.